The van der Waals surface area contributed by atoms with Crippen LogP contribution in [0.1, 0.15) is 23.7 Å². The van der Waals surface area contributed by atoms with Crippen molar-refractivity contribution in [1.82, 2.24) is 10.3 Å². The van der Waals surface area contributed by atoms with Crippen LogP contribution in [0.2, 0.25) is 0 Å². The minimum absolute atomic E-state index is 0.0861. The van der Waals surface area contributed by atoms with Crippen molar-refractivity contribution in [2.45, 2.75) is 25.1 Å². The van der Waals surface area contributed by atoms with Gasteiger partial charge in [-0.05, 0) is 41.8 Å². The molecule has 5 heteroatoms. The average Bonchev–Trinajstić information content (AvgIpc) is 2.97. The lowest BCUT2D eigenvalue weighted by molar-refractivity contribution is 0.0981. The summed E-state index contributed by atoms with van der Waals surface area (Å²) in [6.45, 7) is 1.30. The summed E-state index contributed by atoms with van der Waals surface area (Å²) >= 11 is 0. The maximum absolute atomic E-state index is 13.4. The molecule has 1 N–H and O–H groups in total. The maximum atomic E-state index is 13.4. The molecule has 2 atom stereocenters. The third kappa shape index (κ3) is 3.25. The van der Waals surface area contributed by atoms with Gasteiger partial charge in [-0.15, -0.1) is 0 Å². The van der Waals surface area contributed by atoms with E-state index in [9.17, 15) is 8.78 Å². The van der Waals surface area contributed by atoms with E-state index in [1.807, 2.05) is 12.1 Å². The van der Waals surface area contributed by atoms with Crippen molar-refractivity contribution in [3.05, 3.63) is 65.5 Å². The monoisotopic (exact) mass is 290 g/mol. The van der Waals surface area contributed by atoms with Gasteiger partial charge in [0.2, 0.25) is 0 Å². The molecule has 0 aliphatic carbocycles. The van der Waals surface area contributed by atoms with Crippen molar-refractivity contribution in [2.24, 2.45) is 0 Å². The first-order chi connectivity index (χ1) is 10.2. The van der Waals surface area contributed by atoms with Crippen LogP contribution in [-0.4, -0.2) is 17.6 Å². The Kier molecular flexibility index (Phi) is 4.22. The standard InChI is InChI=1S/C16H16F2N2O/c17-13-2-1-12(9-14(13)18)16-15(5-8-21-16)20-10-11-3-6-19-7-4-11/h1-4,6-7,9,15-16,20H,5,8,10H2/t15-,16-/m1/s1. The molecule has 1 aromatic heterocycles. The first-order valence-corrected chi connectivity index (χ1v) is 6.93. The highest BCUT2D eigenvalue weighted by atomic mass is 19.2. The fourth-order valence-corrected chi connectivity index (χ4v) is 2.57. The van der Waals surface area contributed by atoms with Crippen LogP contribution in [0.4, 0.5) is 8.78 Å². The number of pyridine rings is 1. The van der Waals surface area contributed by atoms with E-state index >= 15 is 0 Å². The van der Waals surface area contributed by atoms with Crippen LogP contribution in [0.15, 0.2) is 42.7 Å². The summed E-state index contributed by atoms with van der Waals surface area (Å²) in [5, 5.41) is 3.41. The van der Waals surface area contributed by atoms with Gasteiger partial charge >= 0.3 is 0 Å². The van der Waals surface area contributed by atoms with Crippen LogP contribution in [0.5, 0.6) is 0 Å². The van der Waals surface area contributed by atoms with Gasteiger partial charge in [0, 0.05) is 31.6 Å². The highest BCUT2D eigenvalue weighted by Crippen LogP contribution is 2.30. The minimum atomic E-state index is -0.837. The number of nitrogens with zero attached hydrogens (tertiary/aromatic N) is 1. The molecule has 2 heterocycles. The van der Waals surface area contributed by atoms with E-state index in [2.05, 4.69) is 10.3 Å². The second kappa shape index (κ2) is 6.28. The molecule has 0 unspecified atom stereocenters. The van der Waals surface area contributed by atoms with Crippen LogP contribution in [-0.2, 0) is 11.3 Å². The molecule has 0 bridgehead atoms. The van der Waals surface area contributed by atoms with Crippen molar-refractivity contribution in [3.63, 3.8) is 0 Å². The molecule has 21 heavy (non-hydrogen) atoms. The molecule has 0 saturated carbocycles. The number of aromatic nitrogens is 1. The average molecular weight is 290 g/mol. The molecule has 3 rings (SSSR count). The molecule has 0 amide bonds. The van der Waals surface area contributed by atoms with E-state index in [0.29, 0.717) is 18.7 Å². The summed E-state index contributed by atoms with van der Waals surface area (Å²) in [6, 6.07) is 7.90. The molecular formula is C16H16F2N2O. The Morgan fingerprint density at radius 1 is 1.14 bits per heavy atom. The predicted molar refractivity (Wildman–Crippen MR) is 74.5 cm³/mol. The summed E-state index contributed by atoms with van der Waals surface area (Å²) in [5.41, 5.74) is 1.79. The predicted octanol–water partition coefficient (Wildman–Crippen LogP) is 2.98. The van der Waals surface area contributed by atoms with Gasteiger partial charge in [0.1, 0.15) is 0 Å². The molecule has 1 fully saturated rings. The second-order valence-electron chi connectivity index (χ2n) is 5.10. The van der Waals surface area contributed by atoms with Crippen LogP contribution in [0.25, 0.3) is 0 Å². The van der Waals surface area contributed by atoms with Gasteiger partial charge < -0.3 is 10.1 Å². The van der Waals surface area contributed by atoms with E-state index < -0.39 is 11.6 Å². The van der Waals surface area contributed by atoms with Crippen LogP contribution < -0.4 is 5.32 Å². The Morgan fingerprint density at radius 2 is 1.95 bits per heavy atom. The largest absolute Gasteiger partial charge is 0.372 e. The first-order valence-electron chi connectivity index (χ1n) is 6.93. The number of hydrogen-bond acceptors (Lipinski definition) is 3. The zero-order chi connectivity index (χ0) is 14.7. The van der Waals surface area contributed by atoms with Crippen molar-refractivity contribution in [1.29, 1.82) is 0 Å². The summed E-state index contributed by atoms with van der Waals surface area (Å²) in [7, 11) is 0. The van der Waals surface area contributed by atoms with Crippen molar-refractivity contribution >= 4 is 0 Å². The molecule has 0 spiro atoms. The molecule has 110 valence electrons. The molecule has 1 aliphatic rings. The SMILES string of the molecule is Fc1ccc([C@H]2OCC[C@H]2NCc2ccncc2)cc1F. The smallest absolute Gasteiger partial charge is 0.159 e. The topological polar surface area (TPSA) is 34.1 Å². The first kappa shape index (κ1) is 14.1. The number of benzene rings is 1. The van der Waals surface area contributed by atoms with Crippen molar-refractivity contribution in [2.75, 3.05) is 6.61 Å². The van der Waals surface area contributed by atoms with Crippen molar-refractivity contribution < 1.29 is 13.5 Å². The Morgan fingerprint density at radius 3 is 2.71 bits per heavy atom. The van der Waals surface area contributed by atoms with Gasteiger partial charge in [-0.25, -0.2) is 8.78 Å². The van der Waals surface area contributed by atoms with Gasteiger partial charge in [-0.2, -0.15) is 0 Å². The molecule has 3 nitrogen and oxygen atoms in total. The van der Waals surface area contributed by atoms with Gasteiger partial charge in [0.05, 0.1) is 6.10 Å². The van der Waals surface area contributed by atoms with Gasteiger partial charge in [0.15, 0.2) is 11.6 Å². The molecule has 0 radical (unpaired) electrons. The highest BCUT2D eigenvalue weighted by molar-refractivity contribution is 5.22. The van der Waals surface area contributed by atoms with Gasteiger partial charge in [0.25, 0.3) is 0 Å². The third-order valence-corrected chi connectivity index (χ3v) is 3.68. The molecular weight excluding hydrogens is 274 g/mol. The molecule has 1 aliphatic heterocycles. The Bertz CT molecular complexity index is 606. The Balaban J connectivity index is 1.69. The van der Waals surface area contributed by atoms with Crippen LogP contribution in [0, 0.1) is 11.6 Å². The molecule has 1 aromatic carbocycles. The quantitative estimate of drug-likeness (QED) is 0.940. The Labute approximate surface area is 122 Å². The van der Waals surface area contributed by atoms with E-state index in [1.165, 1.54) is 6.07 Å². The molecule has 1 saturated heterocycles. The number of hydrogen-bond donors (Lipinski definition) is 1. The fourth-order valence-electron chi connectivity index (χ4n) is 2.57. The summed E-state index contributed by atoms with van der Waals surface area (Å²) in [5.74, 6) is -1.67. The zero-order valence-corrected chi connectivity index (χ0v) is 11.4. The Hall–Kier alpha value is -1.85. The van der Waals surface area contributed by atoms with Crippen LogP contribution in [0.3, 0.4) is 0 Å². The lowest BCUT2D eigenvalue weighted by atomic mass is 10.0. The summed E-state index contributed by atoms with van der Waals surface area (Å²) in [6.07, 6.45) is 4.08. The highest BCUT2D eigenvalue weighted by Gasteiger charge is 2.29. The third-order valence-electron chi connectivity index (χ3n) is 3.68. The normalized spacial score (nSPS) is 21.6. The summed E-state index contributed by atoms with van der Waals surface area (Å²) < 4.78 is 32.0. The summed E-state index contributed by atoms with van der Waals surface area (Å²) in [4.78, 5) is 3.98. The zero-order valence-electron chi connectivity index (χ0n) is 11.4. The lowest BCUT2D eigenvalue weighted by Crippen LogP contribution is -2.31. The number of halogens is 2. The molecule has 2 aromatic rings. The van der Waals surface area contributed by atoms with E-state index in [4.69, 9.17) is 4.74 Å². The second-order valence-corrected chi connectivity index (χ2v) is 5.10. The van der Waals surface area contributed by atoms with E-state index in [1.54, 1.807) is 18.5 Å². The van der Waals surface area contributed by atoms with E-state index in [0.717, 1.165) is 18.1 Å². The number of ether oxygens (including phenoxy) is 1. The number of rotatable bonds is 4. The maximum Gasteiger partial charge on any atom is 0.159 e. The fraction of sp³-hybridized carbons (Fsp3) is 0.312. The van der Waals surface area contributed by atoms with Crippen molar-refractivity contribution in [3.8, 4) is 0 Å². The minimum Gasteiger partial charge on any atom is -0.372 e. The van der Waals surface area contributed by atoms with Gasteiger partial charge in [-0.3, -0.25) is 4.98 Å². The number of nitrogens with one attached hydrogen (secondary N) is 1. The van der Waals surface area contributed by atoms with Gasteiger partial charge in [-0.1, -0.05) is 6.07 Å². The van der Waals surface area contributed by atoms with E-state index in [-0.39, 0.29) is 12.1 Å². The van der Waals surface area contributed by atoms with Crippen LogP contribution >= 0.6 is 0 Å². The lowest BCUT2D eigenvalue weighted by Gasteiger charge is -2.20.